The summed E-state index contributed by atoms with van der Waals surface area (Å²) in [6.07, 6.45) is 1.56. The number of ether oxygens (including phenoxy) is 2. The smallest absolute Gasteiger partial charge is 0.326 e. The highest BCUT2D eigenvalue weighted by Gasteiger charge is 2.34. The molecule has 0 amide bonds. The van der Waals surface area contributed by atoms with E-state index in [1.807, 2.05) is 0 Å². The zero-order valence-corrected chi connectivity index (χ0v) is 14.9. The number of rotatable bonds is 6. The Morgan fingerprint density at radius 1 is 1.12 bits per heavy atom. The third-order valence-corrected chi connectivity index (χ3v) is 4.33. The van der Waals surface area contributed by atoms with E-state index in [0.717, 1.165) is 0 Å². The SMILES string of the molecule is CCC(OC(=O)C(N)C1CCC(C(=O)O)CC1)OC(=O)C(C)(C)C. The summed E-state index contributed by atoms with van der Waals surface area (Å²) in [5.41, 5.74) is 5.29. The quantitative estimate of drug-likeness (QED) is 0.560. The van der Waals surface area contributed by atoms with E-state index in [9.17, 15) is 14.4 Å². The number of carboxylic acid groups (broad SMARTS) is 1. The fraction of sp³-hybridized carbons (Fsp3) is 0.824. The average Bonchev–Trinajstić information content (AvgIpc) is 2.52. The van der Waals surface area contributed by atoms with Gasteiger partial charge in [-0.2, -0.15) is 0 Å². The summed E-state index contributed by atoms with van der Waals surface area (Å²) in [7, 11) is 0. The fourth-order valence-electron chi connectivity index (χ4n) is 2.61. The van der Waals surface area contributed by atoms with Crippen molar-refractivity contribution in [3.05, 3.63) is 0 Å². The molecule has 1 aliphatic rings. The second-order valence-electron chi connectivity index (χ2n) is 7.41. The minimum atomic E-state index is -0.953. The normalized spacial score (nSPS) is 23.9. The van der Waals surface area contributed by atoms with Gasteiger partial charge in [0.1, 0.15) is 6.04 Å². The van der Waals surface area contributed by atoms with Gasteiger partial charge in [-0.05, 0) is 52.4 Å². The van der Waals surface area contributed by atoms with Crippen LogP contribution in [0.1, 0.15) is 59.8 Å². The van der Waals surface area contributed by atoms with Gasteiger partial charge in [0.05, 0.1) is 11.3 Å². The Bertz CT molecular complexity index is 462. The van der Waals surface area contributed by atoms with Gasteiger partial charge in [0.25, 0.3) is 0 Å². The summed E-state index contributed by atoms with van der Waals surface area (Å²) >= 11 is 0. The lowest BCUT2D eigenvalue weighted by Gasteiger charge is -2.30. The molecular weight excluding hydrogens is 314 g/mol. The Labute approximate surface area is 142 Å². The van der Waals surface area contributed by atoms with Gasteiger partial charge < -0.3 is 20.3 Å². The molecule has 138 valence electrons. The fourth-order valence-corrected chi connectivity index (χ4v) is 2.61. The topological polar surface area (TPSA) is 116 Å². The van der Waals surface area contributed by atoms with Crippen molar-refractivity contribution >= 4 is 17.9 Å². The molecule has 0 radical (unpaired) electrons. The summed E-state index contributed by atoms with van der Waals surface area (Å²) < 4.78 is 10.4. The van der Waals surface area contributed by atoms with Gasteiger partial charge in [-0.3, -0.25) is 14.4 Å². The lowest BCUT2D eigenvalue weighted by atomic mass is 9.79. The van der Waals surface area contributed by atoms with Crippen molar-refractivity contribution in [2.24, 2.45) is 23.0 Å². The van der Waals surface area contributed by atoms with Crippen molar-refractivity contribution in [1.29, 1.82) is 0 Å². The van der Waals surface area contributed by atoms with Crippen LogP contribution >= 0.6 is 0 Å². The summed E-state index contributed by atoms with van der Waals surface area (Å²) in [6, 6.07) is -0.831. The van der Waals surface area contributed by atoms with Gasteiger partial charge in [0.15, 0.2) is 0 Å². The first-order valence-electron chi connectivity index (χ1n) is 8.46. The van der Waals surface area contributed by atoms with Gasteiger partial charge >= 0.3 is 17.9 Å². The first kappa shape index (κ1) is 20.4. The first-order valence-corrected chi connectivity index (χ1v) is 8.46. The molecule has 1 saturated carbocycles. The molecule has 3 N–H and O–H groups in total. The van der Waals surface area contributed by atoms with E-state index < -0.39 is 35.7 Å². The van der Waals surface area contributed by atoms with E-state index in [-0.39, 0.29) is 11.8 Å². The lowest BCUT2D eigenvalue weighted by Crippen LogP contribution is -2.43. The maximum atomic E-state index is 12.2. The molecule has 7 nitrogen and oxygen atoms in total. The van der Waals surface area contributed by atoms with E-state index in [0.29, 0.717) is 32.1 Å². The Hall–Kier alpha value is -1.63. The van der Waals surface area contributed by atoms with Gasteiger partial charge in [-0.25, -0.2) is 0 Å². The standard InChI is InChI=1S/C17H29NO6/c1-5-12(24-16(22)17(2,3)4)23-15(21)13(18)10-6-8-11(9-7-10)14(19)20/h10-13H,5-9,18H2,1-4H3,(H,19,20). The summed E-state index contributed by atoms with van der Waals surface area (Å²) in [5.74, 6) is -2.32. The minimum absolute atomic E-state index is 0.107. The molecular formula is C17H29NO6. The van der Waals surface area contributed by atoms with Gasteiger partial charge in [-0.15, -0.1) is 0 Å². The van der Waals surface area contributed by atoms with E-state index in [4.69, 9.17) is 20.3 Å². The Morgan fingerprint density at radius 3 is 2.08 bits per heavy atom. The zero-order chi connectivity index (χ0) is 18.5. The number of carbonyl (C=O) groups is 3. The van der Waals surface area contributed by atoms with Crippen LogP contribution in [0.5, 0.6) is 0 Å². The van der Waals surface area contributed by atoms with Crippen molar-refractivity contribution in [3.8, 4) is 0 Å². The molecule has 0 spiro atoms. The number of hydrogen-bond acceptors (Lipinski definition) is 6. The van der Waals surface area contributed by atoms with E-state index in [1.165, 1.54) is 0 Å². The maximum absolute atomic E-state index is 12.2. The largest absolute Gasteiger partial charge is 0.481 e. The van der Waals surface area contributed by atoms with Crippen LogP contribution in [0.3, 0.4) is 0 Å². The van der Waals surface area contributed by atoms with Crippen LogP contribution in [0, 0.1) is 17.3 Å². The van der Waals surface area contributed by atoms with Crippen LogP contribution in [0.2, 0.25) is 0 Å². The first-order chi connectivity index (χ1) is 11.1. The highest BCUT2D eigenvalue weighted by molar-refractivity contribution is 5.77. The summed E-state index contributed by atoms with van der Waals surface area (Å²) in [6.45, 7) is 6.90. The van der Waals surface area contributed by atoms with E-state index in [1.54, 1.807) is 27.7 Å². The predicted octanol–water partition coefficient (Wildman–Crippen LogP) is 2.07. The van der Waals surface area contributed by atoms with Gasteiger partial charge in [-0.1, -0.05) is 6.92 Å². The molecule has 0 aromatic carbocycles. The number of aliphatic carboxylic acids is 1. The second kappa shape index (κ2) is 8.46. The Kier molecular flexibility index (Phi) is 7.20. The Balaban J connectivity index is 2.53. The highest BCUT2D eigenvalue weighted by Crippen LogP contribution is 2.31. The molecule has 7 heteroatoms. The number of nitrogens with two attached hydrogens (primary N) is 1. The van der Waals surface area contributed by atoms with Crippen LogP contribution in [-0.4, -0.2) is 35.3 Å². The Morgan fingerprint density at radius 2 is 1.67 bits per heavy atom. The van der Waals surface area contributed by atoms with Crippen molar-refractivity contribution in [2.75, 3.05) is 0 Å². The van der Waals surface area contributed by atoms with E-state index >= 15 is 0 Å². The van der Waals surface area contributed by atoms with Crippen LogP contribution in [0.25, 0.3) is 0 Å². The average molecular weight is 343 g/mol. The lowest BCUT2D eigenvalue weighted by molar-refractivity contribution is -0.195. The number of carboxylic acids is 1. The molecule has 0 saturated heterocycles. The number of esters is 2. The molecule has 0 aromatic heterocycles. The minimum Gasteiger partial charge on any atom is -0.481 e. The van der Waals surface area contributed by atoms with Gasteiger partial charge in [0, 0.05) is 6.42 Å². The van der Waals surface area contributed by atoms with Crippen molar-refractivity contribution in [1.82, 2.24) is 0 Å². The van der Waals surface area contributed by atoms with Crippen molar-refractivity contribution < 1.29 is 29.0 Å². The molecule has 0 aliphatic heterocycles. The summed E-state index contributed by atoms with van der Waals surface area (Å²) in [4.78, 5) is 35.1. The van der Waals surface area contributed by atoms with Crippen LogP contribution in [0.15, 0.2) is 0 Å². The van der Waals surface area contributed by atoms with Crippen LogP contribution in [-0.2, 0) is 23.9 Å². The predicted molar refractivity (Wildman–Crippen MR) is 86.8 cm³/mol. The second-order valence-corrected chi connectivity index (χ2v) is 7.41. The van der Waals surface area contributed by atoms with Crippen LogP contribution in [0.4, 0.5) is 0 Å². The molecule has 1 rings (SSSR count). The maximum Gasteiger partial charge on any atom is 0.326 e. The molecule has 24 heavy (non-hydrogen) atoms. The molecule has 2 atom stereocenters. The molecule has 1 aliphatic carbocycles. The third kappa shape index (κ3) is 5.78. The molecule has 0 aromatic rings. The third-order valence-electron chi connectivity index (χ3n) is 4.33. The number of carbonyl (C=O) groups excluding carboxylic acids is 2. The van der Waals surface area contributed by atoms with Gasteiger partial charge in [0.2, 0.25) is 6.29 Å². The zero-order valence-electron chi connectivity index (χ0n) is 14.9. The molecule has 0 bridgehead atoms. The van der Waals surface area contributed by atoms with Crippen LogP contribution < -0.4 is 5.73 Å². The number of hydrogen-bond donors (Lipinski definition) is 2. The molecule has 0 heterocycles. The summed E-state index contributed by atoms with van der Waals surface area (Å²) in [5, 5.41) is 9.00. The van der Waals surface area contributed by atoms with E-state index in [2.05, 4.69) is 0 Å². The molecule has 1 fully saturated rings. The molecule has 2 unspecified atom stereocenters. The van der Waals surface area contributed by atoms with Crippen molar-refractivity contribution in [2.45, 2.75) is 72.1 Å². The van der Waals surface area contributed by atoms with Crippen molar-refractivity contribution in [3.63, 3.8) is 0 Å². The highest BCUT2D eigenvalue weighted by atomic mass is 16.7. The monoisotopic (exact) mass is 343 g/mol.